The Labute approximate surface area is 180 Å². The van der Waals surface area contributed by atoms with E-state index in [2.05, 4.69) is 23.7 Å². The number of nitrogen functional groups attached to an aromatic ring is 1. The number of pyridine rings is 1. The molecule has 1 amide bonds. The highest BCUT2D eigenvalue weighted by molar-refractivity contribution is 5.94. The van der Waals surface area contributed by atoms with Gasteiger partial charge in [-0.25, -0.2) is 9.97 Å². The van der Waals surface area contributed by atoms with E-state index in [4.69, 9.17) is 10.7 Å². The maximum atomic E-state index is 13.1. The number of carbonyl (C=O) groups excluding carboxylic acids is 1. The highest BCUT2D eigenvalue weighted by Gasteiger charge is 2.19. The Bertz CT molecular complexity index is 803. The molecule has 0 aliphatic carbocycles. The molecule has 3 rings (SSSR count). The molecular weight excluding hydrogens is 376 g/mol. The number of fused-ring (bicyclic) bond motifs is 1. The van der Waals surface area contributed by atoms with E-state index in [-0.39, 0.29) is 5.91 Å². The molecule has 0 atom stereocenters. The van der Waals surface area contributed by atoms with Gasteiger partial charge >= 0.3 is 0 Å². The number of unbranched alkanes of at least 4 members (excludes halogenated alkanes) is 2. The van der Waals surface area contributed by atoms with E-state index < -0.39 is 0 Å². The Morgan fingerprint density at radius 1 is 1.00 bits per heavy atom. The number of nitrogens with zero attached hydrogens (tertiary/aromatic N) is 5. The highest BCUT2D eigenvalue weighted by atomic mass is 16.2. The fourth-order valence-corrected chi connectivity index (χ4v) is 4.17. The maximum absolute atomic E-state index is 13.1. The van der Waals surface area contributed by atoms with Crippen LogP contribution < -0.4 is 5.73 Å². The number of hydrogen-bond donors (Lipinski definition) is 1. The molecular formula is C23H38N6O. The van der Waals surface area contributed by atoms with E-state index in [0.29, 0.717) is 11.6 Å². The third kappa shape index (κ3) is 5.72. The van der Waals surface area contributed by atoms with Gasteiger partial charge in [0.1, 0.15) is 11.2 Å². The number of piperidine rings is 1. The van der Waals surface area contributed by atoms with Crippen molar-refractivity contribution in [2.24, 2.45) is 0 Å². The Morgan fingerprint density at radius 3 is 2.37 bits per heavy atom. The van der Waals surface area contributed by atoms with Crippen molar-refractivity contribution in [1.29, 1.82) is 0 Å². The number of likely N-dealkylation sites (tertiary alicyclic amines) is 1. The summed E-state index contributed by atoms with van der Waals surface area (Å²) in [4.78, 5) is 26.8. The van der Waals surface area contributed by atoms with Crippen LogP contribution >= 0.6 is 0 Å². The lowest BCUT2D eigenvalue weighted by atomic mass is 10.1. The summed E-state index contributed by atoms with van der Waals surface area (Å²) in [5.41, 5.74) is 8.17. The van der Waals surface area contributed by atoms with Crippen LogP contribution in [0.15, 0.2) is 12.1 Å². The summed E-state index contributed by atoms with van der Waals surface area (Å²) in [5, 5.41) is 0. The molecule has 0 bridgehead atoms. The Hall–Kier alpha value is -2.15. The quantitative estimate of drug-likeness (QED) is 0.602. The first-order valence-electron chi connectivity index (χ1n) is 11.8. The first-order valence-corrected chi connectivity index (χ1v) is 11.8. The topological polar surface area (TPSA) is 80.3 Å². The number of imidazole rings is 1. The standard InChI is InChI=1S/C23H38N6O/c1-3-5-16-28(17-6-4-2)22(30)20-12-11-19-21(25-20)29(23(24)26-19)18-10-15-27-13-8-7-9-14-27/h11-12H,3-10,13-18H2,1-2H3,(H2,24,26). The van der Waals surface area contributed by atoms with Crippen LogP contribution in [0.25, 0.3) is 11.2 Å². The number of anilines is 1. The summed E-state index contributed by atoms with van der Waals surface area (Å²) in [6, 6.07) is 3.67. The molecule has 0 unspecified atom stereocenters. The average molecular weight is 415 g/mol. The number of aryl methyl sites for hydroxylation is 1. The second kappa shape index (κ2) is 11.3. The van der Waals surface area contributed by atoms with Crippen LogP contribution in [-0.4, -0.2) is 63.0 Å². The number of carbonyl (C=O) groups is 1. The van der Waals surface area contributed by atoms with Gasteiger partial charge in [0.05, 0.1) is 0 Å². The van der Waals surface area contributed by atoms with Crippen LogP contribution in [-0.2, 0) is 6.54 Å². The lowest BCUT2D eigenvalue weighted by Crippen LogP contribution is -2.33. The molecule has 30 heavy (non-hydrogen) atoms. The van der Waals surface area contributed by atoms with Crippen molar-refractivity contribution in [2.75, 3.05) is 38.5 Å². The Balaban J connectivity index is 1.73. The summed E-state index contributed by atoms with van der Waals surface area (Å²) in [6.07, 6.45) is 9.13. The molecule has 0 aromatic carbocycles. The predicted octanol–water partition coefficient (Wildman–Crippen LogP) is 3.93. The SMILES string of the molecule is CCCCN(CCCC)C(=O)c1ccc2nc(N)n(CCCN3CCCCC3)c2n1. The van der Waals surface area contributed by atoms with Gasteiger partial charge in [-0.15, -0.1) is 0 Å². The molecule has 2 aromatic heterocycles. The summed E-state index contributed by atoms with van der Waals surface area (Å²) >= 11 is 0. The van der Waals surface area contributed by atoms with Crippen molar-refractivity contribution in [3.05, 3.63) is 17.8 Å². The minimum absolute atomic E-state index is 0.0124. The maximum Gasteiger partial charge on any atom is 0.272 e. The first kappa shape index (κ1) is 22.5. The van der Waals surface area contributed by atoms with Gasteiger partial charge in [0, 0.05) is 19.6 Å². The molecule has 166 valence electrons. The molecule has 1 aliphatic heterocycles. The molecule has 7 nitrogen and oxygen atoms in total. The average Bonchev–Trinajstić information content (AvgIpc) is 3.08. The lowest BCUT2D eigenvalue weighted by molar-refractivity contribution is 0.0745. The van der Waals surface area contributed by atoms with Crippen molar-refractivity contribution in [2.45, 2.75) is 71.8 Å². The number of nitrogens with two attached hydrogens (primary N) is 1. The number of aromatic nitrogens is 3. The van der Waals surface area contributed by atoms with Gasteiger partial charge in [0.2, 0.25) is 5.95 Å². The van der Waals surface area contributed by atoms with Gasteiger partial charge < -0.3 is 15.5 Å². The van der Waals surface area contributed by atoms with E-state index in [1.165, 1.54) is 32.4 Å². The van der Waals surface area contributed by atoms with E-state index in [1.807, 2.05) is 15.5 Å². The molecule has 1 saturated heterocycles. The van der Waals surface area contributed by atoms with Crippen molar-refractivity contribution < 1.29 is 4.79 Å². The van der Waals surface area contributed by atoms with Crippen LogP contribution in [0, 0.1) is 0 Å². The number of amides is 1. The third-order valence-corrected chi connectivity index (χ3v) is 6.00. The zero-order valence-corrected chi connectivity index (χ0v) is 18.8. The molecule has 7 heteroatoms. The van der Waals surface area contributed by atoms with Crippen LogP contribution in [0.2, 0.25) is 0 Å². The number of hydrogen-bond acceptors (Lipinski definition) is 5. The lowest BCUT2D eigenvalue weighted by Gasteiger charge is -2.26. The first-order chi connectivity index (χ1) is 14.6. The second-order valence-electron chi connectivity index (χ2n) is 8.42. The molecule has 0 saturated carbocycles. The zero-order chi connectivity index (χ0) is 21.3. The van der Waals surface area contributed by atoms with E-state index >= 15 is 0 Å². The van der Waals surface area contributed by atoms with Crippen molar-refractivity contribution >= 4 is 23.0 Å². The summed E-state index contributed by atoms with van der Waals surface area (Å²) in [5.74, 6) is 0.494. The van der Waals surface area contributed by atoms with Gasteiger partial charge in [0.15, 0.2) is 5.65 Å². The molecule has 2 N–H and O–H groups in total. The van der Waals surface area contributed by atoms with Gasteiger partial charge in [-0.2, -0.15) is 0 Å². The molecule has 0 radical (unpaired) electrons. The zero-order valence-electron chi connectivity index (χ0n) is 18.8. The Morgan fingerprint density at radius 2 is 1.70 bits per heavy atom. The van der Waals surface area contributed by atoms with Gasteiger partial charge in [-0.05, 0) is 63.9 Å². The van der Waals surface area contributed by atoms with Gasteiger partial charge in [-0.3, -0.25) is 9.36 Å². The molecule has 1 aliphatic rings. The Kier molecular flexibility index (Phi) is 8.49. The van der Waals surface area contributed by atoms with Crippen LogP contribution in [0.4, 0.5) is 5.95 Å². The van der Waals surface area contributed by atoms with Crippen molar-refractivity contribution in [3.8, 4) is 0 Å². The van der Waals surface area contributed by atoms with Crippen molar-refractivity contribution in [1.82, 2.24) is 24.3 Å². The van der Waals surface area contributed by atoms with Crippen molar-refractivity contribution in [3.63, 3.8) is 0 Å². The van der Waals surface area contributed by atoms with Gasteiger partial charge in [-0.1, -0.05) is 33.1 Å². The van der Waals surface area contributed by atoms with Crippen LogP contribution in [0.5, 0.6) is 0 Å². The molecule has 0 spiro atoms. The normalized spacial score (nSPS) is 15.0. The minimum Gasteiger partial charge on any atom is -0.369 e. The molecule has 2 aromatic rings. The van der Waals surface area contributed by atoms with E-state index in [0.717, 1.165) is 69.4 Å². The predicted molar refractivity (Wildman–Crippen MR) is 123 cm³/mol. The molecule has 1 fully saturated rings. The summed E-state index contributed by atoms with van der Waals surface area (Å²) < 4.78 is 1.97. The minimum atomic E-state index is 0.0124. The summed E-state index contributed by atoms with van der Waals surface area (Å²) in [7, 11) is 0. The monoisotopic (exact) mass is 414 g/mol. The largest absolute Gasteiger partial charge is 0.369 e. The van der Waals surface area contributed by atoms with E-state index in [9.17, 15) is 4.79 Å². The highest BCUT2D eigenvalue weighted by Crippen LogP contribution is 2.19. The third-order valence-electron chi connectivity index (χ3n) is 6.00. The van der Waals surface area contributed by atoms with Gasteiger partial charge in [0.25, 0.3) is 5.91 Å². The fourth-order valence-electron chi connectivity index (χ4n) is 4.17. The fraction of sp³-hybridized carbons (Fsp3) is 0.696. The second-order valence-corrected chi connectivity index (χ2v) is 8.42. The van der Waals surface area contributed by atoms with Crippen LogP contribution in [0.1, 0.15) is 75.7 Å². The summed E-state index contributed by atoms with van der Waals surface area (Å²) in [6.45, 7) is 10.1. The smallest absolute Gasteiger partial charge is 0.272 e. The van der Waals surface area contributed by atoms with E-state index in [1.54, 1.807) is 6.07 Å². The molecule has 3 heterocycles. The number of rotatable bonds is 11. The van der Waals surface area contributed by atoms with Crippen LogP contribution in [0.3, 0.4) is 0 Å².